The molecule has 1 aromatic rings. The molecule has 0 heterocycles. The molecule has 1 aromatic carbocycles. The van der Waals surface area contributed by atoms with E-state index >= 15 is 0 Å². The van der Waals surface area contributed by atoms with Crippen molar-refractivity contribution in [3.63, 3.8) is 0 Å². The van der Waals surface area contributed by atoms with E-state index in [-0.39, 0.29) is 0 Å². The van der Waals surface area contributed by atoms with Gasteiger partial charge in [0.1, 0.15) is 5.75 Å². The third-order valence-electron chi connectivity index (χ3n) is 1.35. The number of hydrogen-bond acceptors (Lipinski definition) is 2. The molecule has 0 radical (unpaired) electrons. The molecule has 6 heteroatoms. The van der Waals surface area contributed by atoms with Crippen LogP contribution in [0.5, 0.6) is 5.75 Å². The molecule has 0 atom stereocenters. The van der Waals surface area contributed by atoms with Crippen molar-refractivity contribution in [2.45, 2.75) is 6.92 Å². The highest BCUT2D eigenvalue weighted by atomic mass is 35.9. The van der Waals surface area contributed by atoms with E-state index in [9.17, 15) is 4.57 Å². The van der Waals surface area contributed by atoms with Gasteiger partial charge < -0.3 is 4.52 Å². The molecule has 0 aliphatic carbocycles. The van der Waals surface area contributed by atoms with Crippen LogP contribution in [0.4, 0.5) is 0 Å². The SMILES string of the molecule is Cc1ccc(OP(=O)(Cl)Cl)cc1Cl. The monoisotopic (exact) mass is 258 g/mol. The minimum atomic E-state index is -3.54. The van der Waals surface area contributed by atoms with Crippen LogP contribution >= 0.6 is 40.2 Å². The zero-order valence-corrected chi connectivity index (χ0v) is 9.79. The van der Waals surface area contributed by atoms with Crippen molar-refractivity contribution >= 4 is 40.2 Å². The van der Waals surface area contributed by atoms with E-state index in [2.05, 4.69) is 0 Å². The Morgan fingerprint density at radius 2 is 2.00 bits per heavy atom. The average molecular weight is 259 g/mol. The first-order chi connectivity index (χ1) is 5.88. The van der Waals surface area contributed by atoms with E-state index in [1.807, 2.05) is 6.92 Å². The van der Waals surface area contributed by atoms with Gasteiger partial charge in [0.25, 0.3) is 0 Å². The molecule has 2 nitrogen and oxygen atoms in total. The van der Waals surface area contributed by atoms with Crippen molar-refractivity contribution in [2.24, 2.45) is 0 Å². The Kier molecular flexibility index (Phi) is 3.53. The maximum absolute atomic E-state index is 10.8. The normalized spacial score (nSPS) is 11.4. The summed E-state index contributed by atoms with van der Waals surface area (Å²) < 4.78 is 15.6. The molecule has 0 bridgehead atoms. The van der Waals surface area contributed by atoms with Crippen molar-refractivity contribution in [1.82, 2.24) is 0 Å². The molecular weight excluding hydrogens is 253 g/mol. The minimum Gasteiger partial charge on any atom is -0.422 e. The molecule has 13 heavy (non-hydrogen) atoms. The van der Waals surface area contributed by atoms with Gasteiger partial charge in [0.15, 0.2) is 0 Å². The fraction of sp³-hybridized carbons (Fsp3) is 0.143. The second-order valence-electron chi connectivity index (χ2n) is 2.42. The smallest absolute Gasteiger partial charge is 0.422 e. The molecular formula is C7H6Cl3O2P. The van der Waals surface area contributed by atoms with Crippen LogP contribution in [0, 0.1) is 6.92 Å². The lowest BCUT2D eigenvalue weighted by molar-refractivity contribution is 0.513. The number of aryl methyl sites for hydroxylation is 1. The van der Waals surface area contributed by atoms with Gasteiger partial charge in [-0.25, -0.2) is 4.57 Å². The molecule has 0 N–H and O–H groups in total. The van der Waals surface area contributed by atoms with Gasteiger partial charge in [-0.1, -0.05) is 17.7 Å². The van der Waals surface area contributed by atoms with E-state index in [4.69, 9.17) is 38.6 Å². The number of benzene rings is 1. The summed E-state index contributed by atoms with van der Waals surface area (Å²) in [6.07, 6.45) is -3.54. The van der Waals surface area contributed by atoms with Gasteiger partial charge in [0, 0.05) is 27.5 Å². The summed E-state index contributed by atoms with van der Waals surface area (Å²) in [5.41, 5.74) is 0.896. The van der Waals surface area contributed by atoms with Crippen molar-refractivity contribution in [1.29, 1.82) is 0 Å². The van der Waals surface area contributed by atoms with Gasteiger partial charge in [-0.05, 0) is 24.6 Å². The van der Waals surface area contributed by atoms with Crippen molar-refractivity contribution in [3.05, 3.63) is 28.8 Å². The van der Waals surface area contributed by atoms with Crippen molar-refractivity contribution in [2.75, 3.05) is 0 Å². The summed E-state index contributed by atoms with van der Waals surface area (Å²) in [6.45, 7) is 1.84. The first-order valence-electron chi connectivity index (χ1n) is 3.33. The highest BCUT2D eigenvalue weighted by molar-refractivity contribution is 8.05. The van der Waals surface area contributed by atoms with E-state index in [1.54, 1.807) is 12.1 Å². The van der Waals surface area contributed by atoms with Crippen LogP contribution in [-0.4, -0.2) is 0 Å². The van der Waals surface area contributed by atoms with Crippen molar-refractivity contribution in [3.8, 4) is 5.75 Å². The van der Waals surface area contributed by atoms with E-state index in [0.29, 0.717) is 10.8 Å². The molecule has 0 saturated heterocycles. The molecule has 0 aromatic heterocycles. The molecule has 0 unspecified atom stereocenters. The van der Waals surface area contributed by atoms with Crippen LogP contribution in [0.1, 0.15) is 5.56 Å². The van der Waals surface area contributed by atoms with Crippen LogP contribution in [0.25, 0.3) is 0 Å². The third-order valence-corrected chi connectivity index (χ3v) is 2.60. The predicted molar refractivity (Wildman–Crippen MR) is 56.1 cm³/mol. The molecule has 72 valence electrons. The Labute approximate surface area is 90.8 Å². The van der Waals surface area contributed by atoms with E-state index in [0.717, 1.165) is 5.56 Å². The molecule has 0 amide bonds. The topological polar surface area (TPSA) is 26.3 Å². The molecule has 0 fully saturated rings. The summed E-state index contributed by atoms with van der Waals surface area (Å²) in [7, 11) is 0. The quantitative estimate of drug-likeness (QED) is 0.725. The van der Waals surface area contributed by atoms with Gasteiger partial charge in [-0.2, -0.15) is 0 Å². The third kappa shape index (κ3) is 3.78. The van der Waals surface area contributed by atoms with Crippen LogP contribution < -0.4 is 4.52 Å². The summed E-state index contributed by atoms with van der Waals surface area (Å²) in [4.78, 5) is 0. The Bertz CT molecular complexity index is 361. The standard InChI is InChI=1S/C7H6Cl3O2P/c1-5-2-3-6(4-7(5)8)12-13(9,10)11/h2-4H,1H3. The summed E-state index contributed by atoms with van der Waals surface area (Å²) in [5, 5.41) is 0.513. The van der Waals surface area contributed by atoms with Gasteiger partial charge in [0.05, 0.1) is 0 Å². The highest BCUT2D eigenvalue weighted by Crippen LogP contribution is 2.57. The van der Waals surface area contributed by atoms with E-state index < -0.39 is 6.07 Å². The van der Waals surface area contributed by atoms with Gasteiger partial charge >= 0.3 is 6.07 Å². The van der Waals surface area contributed by atoms with E-state index in [1.165, 1.54) is 6.07 Å². The summed E-state index contributed by atoms with van der Waals surface area (Å²) >= 11 is 16.2. The summed E-state index contributed by atoms with van der Waals surface area (Å²) in [5.74, 6) is 0.295. The average Bonchev–Trinajstić information content (AvgIpc) is 1.94. The molecule has 0 aliphatic heterocycles. The number of hydrogen-bond donors (Lipinski definition) is 0. The molecule has 1 rings (SSSR count). The lowest BCUT2D eigenvalue weighted by Gasteiger charge is -2.06. The summed E-state index contributed by atoms with van der Waals surface area (Å²) in [6, 6.07) is 4.83. The molecule has 0 spiro atoms. The van der Waals surface area contributed by atoms with Crippen LogP contribution in [-0.2, 0) is 4.57 Å². The van der Waals surface area contributed by atoms with Gasteiger partial charge in [0.2, 0.25) is 0 Å². The lowest BCUT2D eigenvalue weighted by atomic mass is 10.2. The first-order valence-corrected chi connectivity index (χ1v) is 7.15. The minimum absolute atomic E-state index is 0.295. The zero-order chi connectivity index (χ0) is 10.1. The molecule has 0 aliphatic rings. The fourth-order valence-electron chi connectivity index (χ4n) is 0.753. The maximum atomic E-state index is 10.8. The Morgan fingerprint density at radius 3 is 2.46 bits per heavy atom. The van der Waals surface area contributed by atoms with Gasteiger partial charge in [-0.3, -0.25) is 0 Å². The second kappa shape index (κ2) is 4.10. The largest absolute Gasteiger partial charge is 0.428 e. The molecule has 0 saturated carbocycles. The first kappa shape index (κ1) is 11.2. The van der Waals surface area contributed by atoms with Crippen LogP contribution in [0.15, 0.2) is 18.2 Å². The van der Waals surface area contributed by atoms with Gasteiger partial charge in [-0.15, -0.1) is 0 Å². The zero-order valence-electron chi connectivity index (χ0n) is 6.63. The van der Waals surface area contributed by atoms with Crippen LogP contribution in [0.3, 0.4) is 0 Å². The lowest BCUT2D eigenvalue weighted by Crippen LogP contribution is -1.82. The number of halogens is 3. The number of rotatable bonds is 2. The Morgan fingerprint density at radius 1 is 1.38 bits per heavy atom. The predicted octanol–water partition coefficient (Wildman–Crippen LogP) is 4.61. The maximum Gasteiger partial charge on any atom is 0.428 e. The second-order valence-corrected chi connectivity index (χ2v) is 7.02. The Hall–Kier alpha value is 0.120. The highest BCUT2D eigenvalue weighted by Gasteiger charge is 2.16. The van der Waals surface area contributed by atoms with Crippen molar-refractivity contribution < 1.29 is 9.09 Å². The van der Waals surface area contributed by atoms with Crippen LogP contribution in [0.2, 0.25) is 5.02 Å². The fourth-order valence-corrected chi connectivity index (χ4v) is 1.76. The Balaban J connectivity index is 2.92.